The summed E-state index contributed by atoms with van der Waals surface area (Å²) in [6.45, 7) is 3.88. The van der Waals surface area contributed by atoms with Crippen molar-refractivity contribution in [3.63, 3.8) is 0 Å². The highest BCUT2D eigenvalue weighted by Crippen LogP contribution is 2.19. The van der Waals surface area contributed by atoms with Gasteiger partial charge in [0.1, 0.15) is 5.75 Å². The van der Waals surface area contributed by atoms with Gasteiger partial charge in [-0.15, -0.1) is 0 Å². The fraction of sp³-hybridized carbons (Fsp3) is 0.318. The summed E-state index contributed by atoms with van der Waals surface area (Å²) in [6, 6.07) is 14.5. The highest BCUT2D eigenvalue weighted by Gasteiger charge is 2.27. The molecule has 146 valence electrons. The first-order valence-corrected chi connectivity index (χ1v) is 9.23. The molecule has 1 amide bonds. The molecule has 1 aliphatic heterocycles. The Hall–Kier alpha value is -3.15. The highest BCUT2D eigenvalue weighted by atomic mass is 16.6. The van der Waals surface area contributed by atoms with Crippen molar-refractivity contribution < 1.29 is 23.9 Å². The normalized spacial score (nSPS) is 14.0. The summed E-state index contributed by atoms with van der Waals surface area (Å²) in [5.41, 5.74) is 2.94. The Morgan fingerprint density at radius 1 is 1.04 bits per heavy atom. The maximum absolute atomic E-state index is 12.6. The topological polar surface area (TPSA) is 72.9 Å². The van der Waals surface area contributed by atoms with Gasteiger partial charge in [0.05, 0.1) is 0 Å². The number of ether oxygens (including phenoxy) is 2. The molecule has 0 aliphatic carbocycles. The van der Waals surface area contributed by atoms with Crippen molar-refractivity contribution in [2.75, 3.05) is 13.2 Å². The number of esters is 1. The first-order chi connectivity index (χ1) is 13.4. The molecule has 0 bridgehead atoms. The molecule has 2 aromatic carbocycles. The Bertz CT molecular complexity index is 875. The lowest BCUT2D eigenvalue weighted by Gasteiger charge is -2.30. The van der Waals surface area contributed by atoms with Crippen LogP contribution in [0.5, 0.6) is 5.75 Å². The Balaban J connectivity index is 1.48. The highest BCUT2D eigenvalue weighted by molar-refractivity contribution is 5.94. The number of carbonyl (C=O) groups is 3. The lowest BCUT2D eigenvalue weighted by molar-refractivity contribution is -0.161. The van der Waals surface area contributed by atoms with Crippen LogP contribution in [0.3, 0.4) is 0 Å². The summed E-state index contributed by atoms with van der Waals surface area (Å²) >= 11 is 0. The smallest absolute Gasteiger partial charge is 0.344 e. The van der Waals surface area contributed by atoms with E-state index in [2.05, 4.69) is 6.07 Å². The van der Waals surface area contributed by atoms with E-state index in [0.29, 0.717) is 24.4 Å². The summed E-state index contributed by atoms with van der Waals surface area (Å²) in [4.78, 5) is 37.6. The summed E-state index contributed by atoms with van der Waals surface area (Å²) in [5.74, 6) is -0.422. The SMILES string of the molecule is CC(=O)c1ccc(OCC(=O)O[C@@H](C)C(=O)N2CCc3ccccc3C2)cc1. The second kappa shape index (κ2) is 8.69. The quantitative estimate of drug-likeness (QED) is 0.568. The van der Waals surface area contributed by atoms with Gasteiger partial charge in [0.15, 0.2) is 18.5 Å². The van der Waals surface area contributed by atoms with Crippen LogP contribution < -0.4 is 4.74 Å². The maximum Gasteiger partial charge on any atom is 0.344 e. The van der Waals surface area contributed by atoms with E-state index in [4.69, 9.17) is 9.47 Å². The molecule has 0 N–H and O–H groups in total. The van der Waals surface area contributed by atoms with Gasteiger partial charge in [0.2, 0.25) is 0 Å². The molecule has 6 heteroatoms. The fourth-order valence-corrected chi connectivity index (χ4v) is 3.15. The lowest BCUT2D eigenvalue weighted by atomic mass is 9.99. The van der Waals surface area contributed by atoms with Crippen LogP contribution >= 0.6 is 0 Å². The van der Waals surface area contributed by atoms with Crippen molar-refractivity contribution in [2.45, 2.75) is 32.9 Å². The van der Waals surface area contributed by atoms with Crippen molar-refractivity contribution in [3.8, 4) is 5.75 Å². The van der Waals surface area contributed by atoms with Crippen LogP contribution in [0.15, 0.2) is 48.5 Å². The third kappa shape index (κ3) is 4.76. The van der Waals surface area contributed by atoms with E-state index in [1.165, 1.54) is 12.5 Å². The first-order valence-electron chi connectivity index (χ1n) is 9.23. The largest absolute Gasteiger partial charge is 0.482 e. The van der Waals surface area contributed by atoms with Crippen molar-refractivity contribution in [1.82, 2.24) is 4.90 Å². The first kappa shape index (κ1) is 19.6. The summed E-state index contributed by atoms with van der Waals surface area (Å²) in [6.07, 6.45) is -0.0801. The number of hydrogen-bond acceptors (Lipinski definition) is 5. The van der Waals surface area contributed by atoms with Crippen LogP contribution in [-0.2, 0) is 27.3 Å². The van der Waals surface area contributed by atoms with Crippen LogP contribution in [0.1, 0.15) is 35.3 Å². The molecular weight excluding hydrogens is 358 g/mol. The van der Waals surface area contributed by atoms with E-state index < -0.39 is 12.1 Å². The van der Waals surface area contributed by atoms with Gasteiger partial charge in [-0.25, -0.2) is 4.79 Å². The molecule has 1 aliphatic rings. The number of hydrogen-bond donors (Lipinski definition) is 0. The number of fused-ring (bicyclic) bond motifs is 1. The molecule has 2 aromatic rings. The average Bonchev–Trinajstić information content (AvgIpc) is 2.71. The van der Waals surface area contributed by atoms with Gasteiger partial charge in [-0.1, -0.05) is 24.3 Å². The molecule has 1 heterocycles. The van der Waals surface area contributed by atoms with Gasteiger partial charge in [0.25, 0.3) is 5.91 Å². The summed E-state index contributed by atoms with van der Waals surface area (Å²) < 4.78 is 10.6. The zero-order valence-electron chi connectivity index (χ0n) is 16.0. The molecule has 1 atom stereocenters. The third-order valence-electron chi connectivity index (χ3n) is 4.72. The van der Waals surface area contributed by atoms with Gasteiger partial charge in [-0.2, -0.15) is 0 Å². The maximum atomic E-state index is 12.6. The number of benzene rings is 2. The van der Waals surface area contributed by atoms with Crippen LogP contribution in [0, 0.1) is 0 Å². The van der Waals surface area contributed by atoms with Crippen molar-refractivity contribution >= 4 is 17.7 Å². The molecule has 6 nitrogen and oxygen atoms in total. The minimum atomic E-state index is -0.874. The van der Waals surface area contributed by atoms with E-state index in [1.807, 2.05) is 18.2 Å². The molecule has 28 heavy (non-hydrogen) atoms. The van der Waals surface area contributed by atoms with Gasteiger partial charge < -0.3 is 14.4 Å². The van der Waals surface area contributed by atoms with E-state index in [1.54, 1.807) is 36.1 Å². The van der Waals surface area contributed by atoms with E-state index in [-0.39, 0.29) is 18.3 Å². The van der Waals surface area contributed by atoms with Crippen LogP contribution in [0.2, 0.25) is 0 Å². The zero-order valence-corrected chi connectivity index (χ0v) is 16.0. The number of Topliss-reactive ketones (excluding diaryl/α,β-unsaturated/α-hetero) is 1. The second-order valence-corrected chi connectivity index (χ2v) is 6.78. The van der Waals surface area contributed by atoms with Crippen molar-refractivity contribution in [1.29, 1.82) is 0 Å². The average molecular weight is 381 g/mol. The number of ketones is 1. The van der Waals surface area contributed by atoms with Gasteiger partial charge in [-0.05, 0) is 55.7 Å². The molecule has 0 spiro atoms. The predicted molar refractivity (Wildman–Crippen MR) is 103 cm³/mol. The van der Waals surface area contributed by atoms with E-state index in [0.717, 1.165) is 12.0 Å². The Morgan fingerprint density at radius 2 is 1.71 bits per heavy atom. The molecule has 0 saturated heterocycles. The second-order valence-electron chi connectivity index (χ2n) is 6.78. The minimum absolute atomic E-state index is 0.0429. The molecule has 0 radical (unpaired) electrons. The zero-order chi connectivity index (χ0) is 20.1. The van der Waals surface area contributed by atoms with E-state index in [9.17, 15) is 14.4 Å². The molecule has 0 saturated carbocycles. The molecule has 3 rings (SSSR count). The Labute approximate surface area is 164 Å². The van der Waals surface area contributed by atoms with Crippen LogP contribution in [0.4, 0.5) is 0 Å². The number of nitrogens with zero attached hydrogens (tertiary/aromatic N) is 1. The molecule has 0 aromatic heterocycles. The van der Waals surface area contributed by atoms with Crippen molar-refractivity contribution in [3.05, 3.63) is 65.2 Å². The number of carbonyl (C=O) groups excluding carboxylic acids is 3. The third-order valence-corrected chi connectivity index (χ3v) is 4.72. The Kier molecular flexibility index (Phi) is 6.09. The summed E-state index contributed by atoms with van der Waals surface area (Å²) in [5, 5.41) is 0. The van der Waals surface area contributed by atoms with E-state index >= 15 is 0 Å². The number of amides is 1. The Morgan fingerprint density at radius 3 is 2.39 bits per heavy atom. The monoisotopic (exact) mass is 381 g/mol. The standard InChI is InChI=1S/C22H23NO5/c1-15(24)17-7-9-20(10-8-17)27-14-21(25)28-16(2)22(26)23-12-11-18-5-3-4-6-19(18)13-23/h3-10,16H,11-14H2,1-2H3/t16-/m0/s1. The predicted octanol–water partition coefficient (Wildman–Crippen LogP) is 2.78. The molecule has 0 fully saturated rings. The van der Waals surface area contributed by atoms with Gasteiger partial charge >= 0.3 is 5.97 Å². The van der Waals surface area contributed by atoms with Gasteiger partial charge in [-0.3, -0.25) is 9.59 Å². The molecular formula is C22H23NO5. The molecule has 0 unspecified atom stereocenters. The summed E-state index contributed by atoms with van der Waals surface area (Å²) in [7, 11) is 0. The minimum Gasteiger partial charge on any atom is -0.482 e. The van der Waals surface area contributed by atoms with Crippen LogP contribution in [-0.4, -0.2) is 41.8 Å². The van der Waals surface area contributed by atoms with Gasteiger partial charge in [0, 0.05) is 18.7 Å². The van der Waals surface area contributed by atoms with Crippen molar-refractivity contribution in [2.24, 2.45) is 0 Å². The lowest BCUT2D eigenvalue weighted by Crippen LogP contribution is -2.43. The fourth-order valence-electron chi connectivity index (χ4n) is 3.15. The van der Waals surface area contributed by atoms with Crippen LogP contribution in [0.25, 0.3) is 0 Å². The number of rotatable bonds is 6.